The number of nitrogens with zero attached hydrogens (tertiary/aromatic N) is 1. The summed E-state index contributed by atoms with van der Waals surface area (Å²) >= 11 is 0. The maximum Gasteiger partial charge on any atom is 0.261 e. The number of hydrogen-bond donors (Lipinski definition) is 1. The standard InChI is InChI=1S/C24H32N2O2/c1-4-23(28-22-15-18(2)14-19(3)16-22)24(27)25-17-20-8-10-21(11-9-20)26-12-6-5-7-13-26/h8-11,14-16,23H,4-7,12-13,17H2,1-3H3,(H,25,27)/t23-/m0/s1. The summed E-state index contributed by atoms with van der Waals surface area (Å²) in [5.41, 5.74) is 4.66. The van der Waals surface area contributed by atoms with Crippen LogP contribution in [0, 0.1) is 13.8 Å². The molecule has 0 saturated carbocycles. The van der Waals surface area contributed by atoms with Crippen LogP contribution in [-0.2, 0) is 11.3 Å². The Balaban J connectivity index is 1.54. The topological polar surface area (TPSA) is 41.6 Å². The fourth-order valence-corrected chi connectivity index (χ4v) is 3.77. The Labute approximate surface area is 168 Å². The molecule has 4 heteroatoms. The van der Waals surface area contributed by atoms with Gasteiger partial charge < -0.3 is 15.0 Å². The summed E-state index contributed by atoms with van der Waals surface area (Å²) in [6.07, 6.45) is 4.04. The molecule has 1 amide bonds. The average Bonchev–Trinajstić information content (AvgIpc) is 2.70. The van der Waals surface area contributed by atoms with Gasteiger partial charge in [-0.3, -0.25) is 4.79 Å². The number of rotatable bonds is 7. The van der Waals surface area contributed by atoms with Crippen LogP contribution >= 0.6 is 0 Å². The van der Waals surface area contributed by atoms with Gasteiger partial charge in [-0.1, -0.05) is 25.1 Å². The second-order valence-corrected chi connectivity index (χ2v) is 7.77. The smallest absolute Gasteiger partial charge is 0.261 e. The zero-order valence-corrected chi connectivity index (χ0v) is 17.3. The van der Waals surface area contributed by atoms with Crippen LogP contribution < -0.4 is 15.0 Å². The van der Waals surface area contributed by atoms with Crippen LogP contribution in [0.3, 0.4) is 0 Å². The predicted molar refractivity (Wildman–Crippen MR) is 115 cm³/mol. The lowest BCUT2D eigenvalue weighted by Gasteiger charge is -2.28. The summed E-state index contributed by atoms with van der Waals surface area (Å²) in [5, 5.41) is 3.02. The van der Waals surface area contributed by atoms with E-state index in [2.05, 4.69) is 40.5 Å². The summed E-state index contributed by atoms with van der Waals surface area (Å²) in [7, 11) is 0. The van der Waals surface area contributed by atoms with Crippen molar-refractivity contribution >= 4 is 11.6 Å². The molecule has 0 aromatic heterocycles. The van der Waals surface area contributed by atoms with E-state index < -0.39 is 6.10 Å². The van der Waals surface area contributed by atoms with Crippen LogP contribution in [-0.4, -0.2) is 25.1 Å². The van der Waals surface area contributed by atoms with E-state index in [1.165, 1.54) is 24.9 Å². The van der Waals surface area contributed by atoms with Gasteiger partial charge in [0.25, 0.3) is 5.91 Å². The van der Waals surface area contributed by atoms with Gasteiger partial charge in [0.2, 0.25) is 0 Å². The second-order valence-electron chi connectivity index (χ2n) is 7.77. The van der Waals surface area contributed by atoms with Gasteiger partial charge in [0.15, 0.2) is 6.10 Å². The van der Waals surface area contributed by atoms with Crippen LogP contribution in [0.15, 0.2) is 42.5 Å². The summed E-state index contributed by atoms with van der Waals surface area (Å²) in [6, 6.07) is 14.6. The van der Waals surface area contributed by atoms with Gasteiger partial charge in [-0.25, -0.2) is 0 Å². The van der Waals surface area contributed by atoms with Gasteiger partial charge in [-0.15, -0.1) is 0 Å². The number of anilines is 1. The van der Waals surface area contributed by atoms with Gasteiger partial charge >= 0.3 is 0 Å². The number of carbonyl (C=O) groups excluding carboxylic acids is 1. The molecule has 1 aliphatic rings. The fraction of sp³-hybridized carbons (Fsp3) is 0.458. The van der Waals surface area contributed by atoms with Gasteiger partial charge in [-0.05, 0) is 80.5 Å². The molecule has 1 atom stereocenters. The second kappa shape index (κ2) is 9.63. The largest absolute Gasteiger partial charge is 0.481 e. The van der Waals surface area contributed by atoms with Crippen molar-refractivity contribution in [1.82, 2.24) is 5.32 Å². The van der Waals surface area contributed by atoms with E-state index in [-0.39, 0.29) is 5.91 Å². The zero-order valence-electron chi connectivity index (χ0n) is 17.3. The maximum atomic E-state index is 12.6. The number of piperidine rings is 1. The van der Waals surface area contributed by atoms with Crippen LogP contribution in [0.2, 0.25) is 0 Å². The summed E-state index contributed by atoms with van der Waals surface area (Å²) < 4.78 is 5.96. The Morgan fingerprint density at radius 3 is 2.29 bits per heavy atom. The highest BCUT2D eigenvalue weighted by Gasteiger charge is 2.18. The van der Waals surface area contributed by atoms with E-state index in [1.807, 2.05) is 32.9 Å². The first-order valence-corrected chi connectivity index (χ1v) is 10.4. The number of aryl methyl sites for hydroxylation is 2. The molecule has 1 heterocycles. The Morgan fingerprint density at radius 1 is 1.04 bits per heavy atom. The third-order valence-corrected chi connectivity index (χ3v) is 5.26. The Morgan fingerprint density at radius 2 is 1.68 bits per heavy atom. The Hall–Kier alpha value is -2.49. The van der Waals surface area contributed by atoms with E-state index in [0.717, 1.165) is 35.5 Å². The van der Waals surface area contributed by atoms with E-state index in [9.17, 15) is 4.79 Å². The van der Waals surface area contributed by atoms with E-state index in [1.54, 1.807) is 0 Å². The van der Waals surface area contributed by atoms with Crippen LogP contribution in [0.1, 0.15) is 49.3 Å². The maximum absolute atomic E-state index is 12.6. The summed E-state index contributed by atoms with van der Waals surface area (Å²) in [4.78, 5) is 15.0. The quantitative estimate of drug-likeness (QED) is 0.752. The summed E-state index contributed by atoms with van der Waals surface area (Å²) in [6.45, 7) is 8.85. The van der Waals surface area contributed by atoms with Crippen molar-refractivity contribution in [3.63, 3.8) is 0 Å². The lowest BCUT2D eigenvalue weighted by atomic mass is 10.1. The van der Waals surface area contributed by atoms with Crippen LogP contribution in [0.25, 0.3) is 0 Å². The molecule has 0 unspecified atom stereocenters. The molecule has 0 spiro atoms. The van der Waals surface area contributed by atoms with E-state index >= 15 is 0 Å². The fourth-order valence-electron chi connectivity index (χ4n) is 3.77. The highest BCUT2D eigenvalue weighted by molar-refractivity contribution is 5.81. The first-order chi connectivity index (χ1) is 13.5. The van der Waals surface area contributed by atoms with Crippen molar-refractivity contribution in [3.8, 4) is 5.75 Å². The van der Waals surface area contributed by atoms with Gasteiger partial charge in [0.1, 0.15) is 5.75 Å². The number of amides is 1. The minimum absolute atomic E-state index is 0.0678. The monoisotopic (exact) mass is 380 g/mol. The van der Waals surface area contributed by atoms with Gasteiger partial charge in [0.05, 0.1) is 0 Å². The molecule has 1 fully saturated rings. The number of nitrogens with one attached hydrogen (secondary N) is 1. The third kappa shape index (κ3) is 5.51. The molecule has 0 aliphatic carbocycles. The SMILES string of the molecule is CC[C@H](Oc1cc(C)cc(C)c1)C(=O)NCc1ccc(N2CCCCC2)cc1. The first kappa shape index (κ1) is 20.2. The molecule has 2 aromatic carbocycles. The van der Waals surface area contributed by atoms with E-state index in [4.69, 9.17) is 4.74 Å². The number of hydrogen-bond acceptors (Lipinski definition) is 3. The predicted octanol–water partition coefficient (Wildman–Crippen LogP) is 4.77. The molecule has 3 rings (SSSR count). The highest BCUT2D eigenvalue weighted by atomic mass is 16.5. The molecular weight excluding hydrogens is 348 g/mol. The van der Waals surface area contributed by atoms with Crippen molar-refractivity contribution in [2.24, 2.45) is 0 Å². The van der Waals surface area contributed by atoms with Crippen molar-refractivity contribution in [1.29, 1.82) is 0 Å². The summed E-state index contributed by atoms with van der Waals surface area (Å²) in [5.74, 6) is 0.687. The van der Waals surface area contributed by atoms with Crippen molar-refractivity contribution < 1.29 is 9.53 Å². The van der Waals surface area contributed by atoms with E-state index in [0.29, 0.717) is 13.0 Å². The molecule has 2 aromatic rings. The molecule has 28 heavy (non-hydrogen) atoms. The molecule has 1 saturated heterocycles. The van der Waals surface area contributed by atoms with Crippen LogP contribution in [0.4, 0.5) is 5.69 Å². The molecule has 0 radical (unpaired) electrons. The minimum atomic E-state index is -0.478. The number of carbonyl (C=O) groups is 1. The number of benzene rings is 2. The van der Waals surface area contributed by atoms with Crippen molar-refractivity contribution in [3.05, 3.63) is 59.2 Å². The average molecular weight is 381 g/mol. The molecule has 1 N–H and O–H groups in total. The van der Waals surface area contributed by atoms with Crippen molar-refractivity contribution in [2.45, 2.75) is 59.1 Å². The molecular formula is C24H32N2O2. The lowest BCUT2D eigenvalue weighted by Crippen LogP contribution is -2.37. The normalized spacial score (nSPS) is 15.2. The molecule has 1 aliphatic heterocycles. The van der Waals surface area contributed by atoms with Gasteiger partial charge in [0, 0.05) is 25.3 Å². The van der Waals surface area contributed by atoms with Crippen molar-refractivity contribution in [2.75, 3.05) is 18.0 Å². The molecule has 4 nitrogen and oxygen atoms in total. The number of ether oxygens (including phenoxy) is 1. The minimum Gasteiger partial charge on any atom is -0.481 e. The van der Waals surface area contributed by atoms with Crippen LogP contribution in [0.5, 0.6) is 5.75 Å². The highest BCUT2D eigenvalue weighted by Crippen LogP contribution is 2.21. The first-order valence-electron chi connectivity index (χ1n) is 10.4. The third-order valence-electron chi connectivity index (χ3n) is 5.26. The Bertz CT molecular complexity index is 759. The lowest BCUT2D eigenvalue weighted by molar-refractivity contribution is -0.128. The Kier molecular flexibility index (Phi) is 6.96. The van der Waals surface area contributed by atoms with Gasteiger partial charge in [-0.2, -0.15) is 0 Å². The molecule has 0 bridgehead atoms. The molecule has 150 valence electrons. The zero-order chi connectivity index (χ0) is 19.9.